The molecule has 0 radical (unpaired) electrons. The molecule has 0 aliphatic heterocycles. The van der Waals surface area contributed by atoms with Crippen LogP contribution in [0.3, 0.4) is 0 Å². The predicted molar refractivity (Wildman–Crippen MR) is 34.4 cm³/mol. The molecule has 0 saturated carbocycles. The second kappa shape index (κ2) is 6.00. The van der Waals surface area contributed by atoms with Gasteiger partial charge in [-0.15, -0.1) is 0 Å². The summed E-state index contributed by atoms with van der Waals surface area (Å²) in [4.78, 5) is 0. The van der Waals surface area contributed by atoms with Crippen LogP contribution in [-0.2, 0) is 0 Å². The van der Waals surface area contributed by atoms with Crippen LogP contribution in [0.1, 0.15) is 66.2 Å². The average Bonchev–Trinajstić information content (AvgIpc) is 2.25. The van der Waals surface area contributed by atoms with Crippen molar-refractivity contribution in [3.05, 3.63) is 0 Å². The molecule has 0 aliphatic carbocycles. The third-order valence-electron chi connectivity index (χ3n) is 0.260. The van der Waals surface area contributed by atoms with Crippen molar-refractivity contribution in [2.24, 2.45) is 0 Å². The lowest BCUT2D eigenvalue weighted by Crippen LogP contribution is -1.70. The molecule has 0 saturated heterocycles. The minimum atomic E-state index is -3.98. The fourth-order valence-corrected chi connectivity index (χ4v) is 0.0986. The van der Waals surface area contributed by atoms with Gasteiger partial charge in [0.15, 0.2) is 0 Å². The summed E-state index contributed by atoms with van der Waals surface area (Å²) in [6, 6.07) is 0. The van der Waals surface area contributed by atoms with Crippen LogP contribution in [0, 0.1) is 0 Å². The molecule has 0 aromatic heterocycles. The van der Waals surface area contributed by atoms with Crippen molar-refractivity contribution in [2.45, 2.75) is 45.6 Å². The molecule has 0 heteroatoms. The van der Waals surface area contributed by atoms with E-state index in [1.54, 1.807) is 0 Å². The first-order valence-corrected chi connectivity index (χ1v) is 1.54. The molecular formula is C7H16. The highest BCUT2D eigenvalue weighted by atomic mass is 13.9. The van der Waals surface area contributed by atoms with E-state index < -0.39 is 45.6 Å². The zero-order valence-corrected chi connectivity index (χ0v) is 3.58. The standard InChI is InChI=1S/C7H16/c1-3-5-7-6-4-2/h3-7H2,1-2H3/i1D2,2D3,3D2,4D2,5D2,6D2,7D2. The summed E-state index contributed by atoms with van der Waals surface area (Å²) >= 11 is 0. The normalized spacial score (nSPS) is 53.6. The maximum absolute atomic E-state index is 7.54. The topological polar surface area (TPSA) is 0 Å². The molecule has 0 aromatic rings. The summed E-state index contributed by atoms with van der Waals surface area (Å²) < 4.78 is 109. The summed E-state index contributed by atoms with van der Waals surface area (Å²) in [5.41, 5.74) is 0. The van der Waals surface area contributed by atoms with Crippen LogP contribution < -0.4 is 0 Å². The first kappa shape index (κ1) is 0.571. The fourth-order valence-electron chi connectivity index (χ4n) is 0.0986. The van der Waals surface area contributed by atoms with Gasteiger partial charge in [0.1, 0.15) is 0 Å². The van der Waals surface area contributed by atoms with Crippen molar-refractivity contribution in [1.29, 1.82) is 0 Å². The van der Waals surface area contributed by atoms with Gasteiger partial charge in [0.05, 0.1) is 0 Å². The van der Waals surface area contributed by atoms with Gasteiger partial charge in [-0.05, 0) is 0 Å². The predicted octanol–water partition coefficient (Wildman–Crippen LogP) is 2.98. The Morgan fingerprint density at radius 1 is 1.29 bits per heavy atom. The summed E-state index contributed by atoms with van der Waals surface area (Å²) in [6.07, 6.45) is -19.2. The SMILES string of the molecule is [2H]C([2H])C([2H])([2H])C([2H])([2H])C([2H])([2H])C([2H])([2H])C([2H])([2H])C([2H])([2H])[2H]. The number of hydrogen-bond acceptors (Lipinski definition) is 0. The van der Waals surface area contributed by atoms with Gasteiger partial charge in [-0.3, -0.25) is 0 Å². The lowest BCUT2D eigenvalue weighted by molar-refractivity contribution is 0.656. The van der Waals surface area contributed by atoms with Gasteiger partial charge in [-0.1, -0.05) is 45.6 Å². The maximum Gasteiger partial charge on any atom is 0.0267 e. The van der Waals surface area contributed by atoms with Crippen molar-refractivity contribution in [3.63, 3.8) is 0 Å². The molecule has 0 N–H and O–H groups in total. The molecule has 44 valence electrons. The van der Waals surface area contributed by atoms with Gasteiger partial charge in [0.25, 0.3) is 0 Å². The monoisotopic (exact) mass is 115 g/mol. The Balaban J connectivity index is 6.24. The third kappa shape index (κ3) is 6.00. The van der Waals surface area contributed by atoms with Crippen LogP contribution in [0.2, 0.25) is 0 Å². The Labute approximate surface area is 68.0 Å². The molecule has 7 heavy (non-hydrogen) atoms. The van der Waals surface area contributed by atoms with Gasteiger partial charge in [-0.2, -0.15) is 0 Å². The second-order valence-electron chi connectivity index (χ2n) is 0.644. The molecule has 0 nitrogen and oxygen atoms in total. The zero-order chi connectivity index (χ0) is 18.6. The first-order valence-electron chi connectivity index (χ1n) is 9.19. The van der Waals surface area contributed by atoms with Crippen molar-refractivity contribution >= 4 is 0 Å². The van der Waals surface area contributed by atoms with E-state index in [1.165, 1.54) is 0 Å². The van der Waals surface area contributed by atoms with E-state index in [0.717, 1.165) is 0 Å². The molecule has 0 aliphatic rings. The second-order valence-corrected chi connectivity index (χ2v) is 0.644. The third-order valence-corrected chi connectivity index (χ3v) is 0.260. The van der Waals surface area contributed by atoms with Gasteiger partial charge in [-0.25, -0.2) is 0 Å². The smallest absolute Gasteiger partial charge is 0.0267 e. The van der Waals surface area contributed by atoms with Crippen molar-refractivity contribution < 1.29 is 20.6 Å². The summed E-state index contributed by atoms with van der Waals surface area (Å²) in [7, 11) is 0. The van der Waals surface area contributed by atoms with Crippen LogP contribution in [-0.4, -0.2) is 0 Å². The van der Waals surface area contributed by atoms with Crippen LogP contribution in [0.4, 0.5) is 0 Å². The molecule has 0 heterocycles. The highest BCUT2D eigenvalue weighted by molar-refractivity contribution is 4.35. The minimum Gasteiger partial charge on any atom is -0.0654 e. The van der Waals surface area contributed by atoms with Crippen molar-refractivity contribution in [2.75, 3.05) is 0 Å². The Morgan fingerprint density at radius 3 is 2.86 bits per heavy atom. The zero-order valence-electron chi connectivity index (χ0n) is 18.6. The quantitative estimate of drug-likeness (QED) is 0.528. The number of rotatable bonds is 4. The van der Waals surface area contributed by atoms with E-state index >= 15 is 0 Å². The Kier molecular flexibility index (Phi) is 0.490. The molecular weight excluding hydrogens is 84.1 g/mol. The van der Waals surface area contributed by atoms with Crippen molar-refractivity contribution in [1.82, 2.24) is 0 Å². The first-order chi connectivity index (χ1) is 9.19. The van der Waals surface area contributed by atoms with Gasteiger partial charge in [0.2, 0.25) is 0 Å². The van der Waals surface area contributed by atoms with E-state index in [-0.39, 0.29) is 0 Å². The largest absolute Gasteiger partial charge is 0.0654 e. The molecule has 0 amide bonds. The van der Waals surface area contributed by atoms with Gasteiger partial charge in [0, 0.05) is 20.6 Å². The molecule has 0 rings (SSSR count). The number of hydrogen-bond donors (Lipinski definition) is 0. The summed E-state index contributed by atoms with van der Waals surface area (Å²) in [5, 5.41) is 0. The summed E-state index contributed by atoms with van der Waals surface area (Å²) in [6.45, 7) is -6.19. The van der Waals surface area contributed by atoms with Crippen LogP contribution in [0.15, 0.2) is 0 Å². The van der Waals surface area contributed by atoms with Crippen molar-refractivity contribution in [3.8, 4) is 0 Å². The van der Waals surface area contributed by atoms with Gasteiger partial charge < -0.3 is 0 Å². The fraction of sp³-hybridized carbons (Fsp3) is 1.00. The molecule has 0 aromatic carbocycles. The molecule has 0 atom stereocenters. The Hall–Kier alpha value is 0. The van der Waals surface area contributed by atoms with E-state index in [0.29, 0.717) is 0 Å². The van der Waals surface area contributed by atoms with E-state index in [1.807, 2.05) is 0 Å². The Bertz CT molecular complexity index is 401. The molecule has 0 fully saturated rings. The molecule has 0 unspecified atom stereocenters. The van der Waals surface area contributed by atoms with Crippen LogP contribution >= 0.6 is 0 Å². The Morgan fingerprint density at radius 2 is 2.14 bits per heavy atom. The highest BCUT2D eigenvalue weighted by Gasteiger charge is 1.80. The lowest BCUT2D eigenvalue weighted by atomic mass is 10.2. The van der Waals surface area contributed by atoms with Crippen LogP contribution in [0.25, 0.3) is 0 Å². The molecule has 0 spiro atoms. The summed E-state index contributed by atoms with van der Waals surface area (Å²) in [5.74, 6) is 0. The van der Waals surface area contributed by atoms with E-state index in [4.69, 9.17) is 20.6 Å². The highest BCUT2D eigenvalue weighted by Crippen LogP contribution is 2.00. The molecule has 0 bridgehead atoms. The lowest BCUT2D eigenvalue weighted by Gasteiger charge is -1.90. The van der Waals surface area contributed by atoms with Gasteiger partial charge >= 0.3 is 0 Å². The maximum atomic E-state index is 7.54. The average molecular weight is 115 g/mol. The van der Waals surface area contributed by atoms with E-state index in [2.05, 4.69) is 0 Å². The van der Waals surface area contributed by atoms with Crippen LogP contribution in [0.5, 0.6) is 0 Å². The minimum absolute atomic E-state index is 2.55. The van der Waals surface area contributed by atoms with E-state index in [9.17, 15) is 0 Å².